The Kier molecular flexibility index (Phi) is 5.76. The highest BCUT2D eigenvalue weighted by molar-refractivity contribution is 14.2. The summed E-state index contributed by atoms with van der Waals surface area (Å²) >= 11 is 6.97. The van der Waals surface area contributed by atoms with Crippen molar-refractivity contribution in [1.82, 2.24) is 0 Å². The smallest absolute Gasteiger partial charge is 0.0943 e. The summed E-state index contributed by atoms with van der Waals surface area (Å²) in [6, 6.07) is 0. The minimum Gasteiger partial charge on any atom is -0.0943 e. The normalized spacial score (nSPS) is 10.6. The lowest BCUT2D eigenvalue weighted by Crippen LogP contribution is -2.19. The maximum absolute atomic E-state index is 3.34. The lowest BCUT2D eigenvalue weighted by atomic mass is 11.0. The van der Waals surface area contributed by atoms with Crippen LogP contribution in [0.4, 0.5) is 0 Å². The van der Waals surface area contributed by atoms with E-state index in [1.807, 2.05) is 0 Å². The largest absolute Gasteiger partial charge is 0.0955 e. The van der Waals surface area contributed by atoms with Crippen molar-refractivity contribution < 1.29 is 0 Å². The van der Waals surface area contributed by atoms with Gasteiger partial charge in [0.05, 0.1) is 9.66 Å². The zero-order valence-electron chi connectivity index (χ0n) is 6.13. The molecule has 58 valence electrons. The average Bonchev–Trinajstić information content (AvgIpc) is 1.60. The molecule has 0 atom stereocenters. The average molecular weight is 490 g/mol. The topological polar surface area (TPSA) is 0 Å². The Balaban J connectivity index is 4.69. The van der Waals surface area contributed by atoms with Gasteiger partial charge in [-0.3, -0.25) is 0 Å². The van der Waals surface area contributed by atoms with Crippen molar-refractivity contribution in [2.24, 2.45) is 0 Å². The Bertz CT molecular complexity index is 180. The summed E-state index contributed by atoms with van der Waals surface area (Å²) in [4.78, 5) is 0. The summed E-state index contributed by atoms with van der Waals surface area (Å²) < 4.78 is 2.64. The third kappa shape index (κ3) is 5.56. The maximum atomic E-state index is 3.34. The van der Waals surface area contributed by atoms with Gasteiger partial charge in [-0.1, -0.05) is 25.4 Å². The van der Waals surface area contributed by atoms with Crippen molar-refractivity contribution in [3.8, 4) is 0 Å². The van der Waals surface area contributed by atoms with Crippen LogP contribution in [0.5, 0.6) is 0 Å². The van der Waals surface area contributed by atoms with E-state index in [0.29, 0.717) is 0 Å². The Labute approximate surface area is 104 Å². The lowest BCUT2D eigenvalue weighted by Gasteiger charge is -2.11. The van der Waals surface area contributed by atoms with E-state index < -0.39 is 8.07 Å². The summed E-state index contributed by atoms with van der Waals surface area (Å²) in [5.41, 5.74) is 3.34. The molecule has 0 bridgehead atoms. The minimum absolute atomic E-state index is 1.06. The molecule has 4 heteroatoms. The third-order valence-electron chi connectivity index (χ3n) is 0.863. The predicted octanol–water partition coefficient (Wildman–Crippen LogP) is 4.49. The molecule has 0 unspecified atom stereocenters. The molecule has 0 aromatic carbocycles. The van der Waals surface area contributed by atoms with Crippen LogP contribution in [0.3, 0.4) is 0 Å². The van der Waals surface area contributed by atoms with Crippen LogP contribution in [-0.2, 0) is 0 Å². The van der Waals surface area contributed by atoms with E-state index in [1.165, 1.54) is 4.79 Å². The van der Waals surface area contributed by atoms with E-state index in [2.05, 4.69) is 93.1 Å². The fraction of sp³-hybridized carbons (Fsp3) is 0.500. The highest BCUT2D eigenvalue weighted by atomic mass is 127. The second kappa shape index (κ2) is 4.83. The van der Waals surface area contributed by atoms with Crippen LogP contribution >= 0.6 is 67.8 Å². The van der Waals surface area contributed by atoms with Gasteiger partial charge >= 0.3 is 0 Å². The second-order valence-corrected chi connectivity index (χ2v) is 14.3. The van der Waals surface area contributed by atoms with Gasteiger partial charge in [-0.15, -0.1) is 0 Å². The van der Waals surface area contributed by atoms with Crippen LogP contribution in [0.15, 0.2) is 10.5 Å². The molecule has 0 aliphatic carbocycles. The molecule has 0 aliphatic heterocycles. The van der Waals surface area contributed by atoms with Crippen molar-refractivity contribution >= 4 is 75.8 Å². The molecular formula is C6H9I3Si. The molecule has 0 saturated carbocycles. The van der Waals surface area contributed by atoms with Gasteiger partial charge in [-0.05, 0) is 67.8 Å². The van der Waals surface area contributed by atoms with E-state index in [4.69, 9.17) is 0 Å². The summed E-state index contributed by atoms with van der Waals surface area (Å²) in [5.74, 6) is 0. The molecule has 0 aromatic heterocycles. The van der Waals surface area contributed by atoms with Gasteiger partial charge in [0.1, 0.15) is 0 Å². The van der Waals surface area contributed by atoms with E-state index in [-0.39, 0.29) is 0 Å². The summed E-state index contributed by atoms with van der Waals surface area (Å²) in [6.07, 6.45) is 0. The van der Waals surface area contributed by atoms with E-state index in [9.17, 15) is 0 Å². The first-order valence-electron chi connectivity index (χ1n) is 2.82. The van der Waals surface area contributed by atoms with Crippen molar-refractivity contribution in [2.75, 3.05) is 0 Å². The van der Waals surface area contributed by atoms with Crippen LogP contribution in [0.2, 0.25) is 19.6 Å². The standard InChI is InChI=1S/C6H9I3Si/c1-10(2,3)6(9)4-5(7)8/h1-3H3. The molecule has 0 saturated heterocycles. The van der Waals surface area contributed by atoms with E-state index >= 15 is 0 Å². The van der Waals surface area contributed by atoms with Gasteiger partial charge in [-0.25, -0.2) is 0 Å². The van der Waals surface area contributed by atoms with Crippen LogP contribution in [0, 0.1) is 0 Å². The first-order chi connectivity index (χ1) is 4.34. The SMILES string of the molecule is C[Si](C)(C)C(I)=C=C(I)I. The Morgan fingerprint density at radius 1 is 1.10 bits per heavy atom. The van der Waals surface area contributed by atoms with Crippen molar-refractivity contribution in [3.05, 3.63) is 10.5 Å². The number of hydrogen-bond acceptors (Lipinski definition) is 0. The molecule has 0 nitrogen and oxygen atoms in total. The summed E-state index contributed by atoms with van der Waals surface area (Å²) in [6.45, 7) is 6.99. The second-order valence-electron chi connectivity index (χ2n) is 2.95. The van der Waals surface area contributed by atoms with Gasteiger partial charge in [0.25, 0.3) is 0 Å². The Hall–Kier alpha value is 1.93. The highest BCUT2D eigenvalue weighted by Crippen LogP contribution is 2.23. The minimum atomic E-state index is -1.06. The quantitative estimate of drug-likeness (QED) is 0.289. The van der Waals surface area contributed by atoms with Crippen LogP contribution in [-0.4, -0.2) is 8.07 Å². The fourth-order valence-corrected chi connectivity index (χ4v) is 3.12. The molecule has 0 amide bonds. The maximum Gasteiger partial charge on any atom is 0.0955 e. The molecule has 0 aliphatic rings. The van der Waals surface area contributed by atoms with E-state index in [0.717, 1.165) is 0 Å². The molecule has 0 fully saturated rings. The number of hydrogen-bond donors (Lipinski definition) is 0. The van der Waals surface area contributed by atoms with Crippen LogP contribution in [0.25, 0.3) is 0 Å². The third-order valence-corrected chi connectivity index (χ3v) is 7.97. The van der Waals surface area contributed by atoms with Crippen molar-refractivity contribution in [1.29, 1.82) is 0 Å². The molecule has 10 heavy (non-hydrogen) atoms. The summed E-state index contributed by atoms with van der Waals surface area (Å²) in [5, 5.41) is 0. The lowest BCUT2D eigenvalue weighted by molar-refractivity contribution is 1.77. The molecule has 0 rings (SSSR count). The molecule has 0 N–H and O–H groups in total. The van der Waals surface area contributed by atoms with E-state index in [1.54, 1.807) is 0 Å². The number of halogens is 3. The van der Waals surface area contributed by atoms with Crippen LogP contribution in [0.1, 0.15) is 0 Å². The van der Waals surface area contributed by atoms with Gasteiger partial charge in [0.15, 0.2) is 0 Å². The Morgan fingerprint density at radius 2 is 1.50 bits per heavy atom. The first-order valence-corrected chi connectivity index (χ1v) is 9.55. The molecule has 0 radical (unpaired) electrons. The van der Waals surface area contributed by atoms with Gasteiger partial charge in [0, 0.05) is 3.20 Å². The first kappa shape index (κ1) is 11.9. The molecule has 0 aromatic rings. The summed E-state index contributed by atoms with van der Waals surface area (Å²) in [7, 11) is -1.06. The van der Waals surface area contributed by atoms with Gasteiger partial charge < -0.3 is 0 Å². The van der Waals surface area contributed by atoms with Gasteiger partial charge in [-0.2, -0.15) is 0 Å². The zero-order chi connectivity index (χ0) is 8.36. The van der Waals surface area contributed by atoms with Crippen molar-refractivity contribution in [2.45, 2.75) is 19.6 Å². The fourth-order valence-electron chi connectivity index (χ4n) is 0.270. The molecule has 0 spiro atoms. The Morgan fingerprint density at radius 3 is 1.60 bits per heavy atom. The predicted molar refractivity (Wildman–Crippen MR) is 75.9 cm³/mol. The zero-order valence-corrected chi connectivity index (χ0v) is 13.6. The molecular weight excluding hydrogens is 481 g/mol. The van der Waals surface area contributed by atoms with Gasteiger partial charge in [0.2, 0.25) is 0 Å². The number of rotatable bonds is 1. The monoisotopic (exact) mass is 490 g/mol. The van der Waals surface area contributed by atoms with Crippen LogP contribution < -0.4 is 0 Å². The highest BCUT2D eigenvalue weighted by Gasteiger charge is 2.16. The van der Waals surface area contributed by atoms with Crippen molar-refractivity contribution in [3.63, 3.8) is 0 Å². The molecule has 0 heterocycles.